The predicted octanol–water partition coefficient (Wildman–Crippen LogP) is 3.09. The van der Waals surface area contributed by atoms with Crippen LogP contribution < -0.4 is 10.6 Å². The molecule has 0 radical (unpaired) electrons. The zero-order valence-corrected chi connectivity index (χ0v) is 13.4. The molecule has 0 unspecified atom stereocenters. The zero-order valence-electron chi connectivity index (χ0n) is 11.9. The van der Waals surface area contributed by atoms with Crippen LogP contribution in [0.25, 0.3) is 0 Å². The van der Waals surface area contributed by atoms with Gasteiger partial charge in [-0.3, -0.25) is 4.79 Å². The molecule has 2 aromatic carbocycles. The molecule has 0 aromatic heterocycles. The summed E-state index contributed by atoms with van der Waals surface area (Å²) in [6.07, 6.45) is 0.210. The minimum Gasteiger partial charge on any atom is -0.478 e. The SMILES string of the molecule is O=C(Cc1ccccc1)NC(=S)Nc1ccc(C(=O)O)c(Cl)c1. The number of carboxylic acids is 1. The summed E-state index contributed by atoms with van der Waals surface area (Å²) in [4.78, 5) is 22.8. The van der Waals surface area contributed by atoms with E-state index < -0.39 is 5.97 Å². The first kappa shape index (κ1) is 16.9. The Labute approximate surface area is 143 Å². The van der Waals surface area contributed by atoms with E-state index in [2.05, 4.69) is 10.6 Å². The van der Waals surface area contributed by atoms with Crippen molar-refractivity contribution in [2.75, 3.05) is 5.32 Å². The normalized spacial score (nSPS) is 9.96. The molecule has 0 aliphatic carbocycles. The molecular weight excluding hydrogens is 336 g/mol. The maximum atomic E-state index is 11.9. The molecule has 0 saturated carbocycles. The summed E-state index contributed by atoms with van der Waals surface area (Å²) in [6.45, 7) is 0. The summed E-state index contributed by atoms with van der Waals surface area (Å²) in [5.41, 5.74) is 1.36. The zero-order chi connectivity index (χ0) is 16.8. The molecule has 7 heteroatoms. The van der Waals surface area contributed by atoms with Crippen LogP contribution in [0.3, 0.4) is 0 Å². The number of hydrogen-bond acceptors (Lipinski definition) is 3. The second kappa shape index (κ2) is 7.71. The van der Waals surface area contributed by atoms with Gasteiger partial charge in [-0.2, -0.15) is 0 Å². The number of carbonyl (C=O) groups excluding carboxylic acids is 1. The van der Waals surface area contributed by atoms with Crippen LogP contribution in [0.15, 0.2) is 48.5 Å². The van der Waals surface area contributed by atoms with E-state index in [1.165, 1.54) is 18.2 Å². The van der Waals surface area contributed by atoms with Gasteiger partial charge in [0.2, 0.25) is 5.91 Å². The number of rotatable bonds is 4. The van der Waals surface area contributed by atoms with Crippen LogP contribution in [0.1, 0.15) is 15.9 Å². The average molecular weight is 349 g/mol. The van der Waals surface area contributed by atoms with Crippen molar-refractivity contribution < 1.29 is 14.7 Å². The highest BCUT2D eigenvalue weighted by molar-refractivity contribution is 7.80. The number of anilines is 1. The third-order valence-electron chi connectivity index (χ3n) is 2.92. The standard InChI is InChI=1S/C16H13ClN2O3S/c17-13-9-11(6-7-12(13)15(21)22)18-16(23)19-14(20)8-10-4-2-1-3-5-10/h1-7,9H,8H2,(H,21,22)(H2,18,19,20,23). The Hall–Kier alpha value is -2.44. The van der Waals surface area contributed by atoms with Gasteiger partial charge in [-0.15, -0.1) is 0 Å². The van der Waals surface area contributed by atoms with E-state index in [9.17, 15) is 9.59 Å². The minimum atomic E-state index is -1.11. The Morgan fingerprint density at radius 3 is 2.43 bits per heavy atom. The fourth-order valence-corrected chi connectivity index (χ4v) is 2.37. The lowest BCUT2D eigenvalue weighted by atomic mass is 10.1. The molecule has 0 aliphatic heterocycles. The number of thiocarbonyl (C=S) groups is 1. The molecular formula is C16H13ClN2O3S. The smallest absolute Gasteiger partial charge is 0.337 e. The molecule has 2 aromatic rings. The molecule has 0 saturated heterocycles. The Bertz CT molecular complexity index is 750. The maximum absolute atomic E-state index is 11.9. The molecule has 0 spiro atoms. The summed E-state index contributed by atoms with van der Waals surface area (Å²) >= 11 is 10.9. The number of halogens is 1. The Kier molecular flexibility index (Phi) is 5.67. The van der Waals surface area contributed by atoms with Crippen LogP contribution in [0.5, 0.6) is 0 Å². The molecule has 118 valence electrons. The lowest BCUT2D eigenvalue weighted by molar-refractivity contribution is -0.119. The van der Waals surface area contributed by atoms with Crippen LogP contribution in [-0.2, 0) is 11.2 Å². The first-order valence-corrected chi connectivity index (χ1v) is 7.42. The van der Waals surface area contributed by atoms with Gasteiger partial charge in [0, 0.05) is 5.69 Å². The molecule has 0 atom stereocenters. The largest absolute Gasteiger partial charge is 0.478 e. The molecule has 5 nitrogen and oxygen atoms in total. The highest BCUT2D eigenvalue weighted by atomic mass is 35.5. The molecule has 0 aliphatic rings. The summed E-state index contributed by atoms with van der Waals surface area (Å²) < 4.78 is 0. The van der Waals surface area contributed by atoms with Crippen LogP contribution in [0, 0.1) is 0 Å². The molecule has 0 bridgehead atoms. The van der Waals surface area contributed by atoms with Gasteiger partial charge in [0.25, 0.3) is 0 Å². The Morgan fingerprint density at radius 1 is 1.13 bits per heavy atom. The fourth-order valence-electron chi connectivity index (χ4n) is 1.88. The number of hydrogen-bond donors (Lipinski definition) is 3. The van der Waals surface area contributed by atoms with Gasteiger partial charge in [-0.1, -0.05) is 41.9 Å². The number of amides is 1. The number of nitrogens with one attached hydrogen (secondary N) is 2. The van der Waals surface area contributed by atoms with Crippen LogP contribution in [0.4, 0.5) is 5.69 Å². The quantitative estimate of drug-likeness (QED) is 0.740. The van der Waals surface area contributed by atoms with Crippen molar-refractivity contribution >= 4 is 46.5 Å². The van der Waals surface area contributed by atoms with Crippen LogP contribution in [-0.4, -0.2) is 22.1 Å². The number of carbonyl (C=O) groups is 2. The van der Waals surface area contributed by atoms with Crippen molar-refractivity contribution in [3.63, 3.8) is 0 Å². The van der Waals surface area contributed by atoms with Gasteiger partial charge in [0.15, 0.2) is 5.11 Å². The minimum absolute atomic E-state index is 0.00347. The second-order valence-corrected chi connectivity index (χ2v) is 5.48. The lowest BCUT2D eigenvalue weighted by Crippen LogP contribution is -2.35. The van der Waals surface area contributed by atoms with Crippen molar-refractivity contribution in [2.24, 2.45) is 0 Å². The van der Waals surface area contributed by atoms with Crippen molar-refractivity contribution in [2.45, 2.75) is 6.42 Å². The van der Waals surface area contributed by atoms with E-state index in [0.29, 0.717) is 5.69 Å². The van der Waals surface area contributed by atoms with Crippen molar-refractivity contribution in [1.29, 1.82) is 0 Å². The van der Waals surface area contributed by atoms with E-state index in [-0.39, 0.29) is 28.0 Å². The predicted molar refractivity (Wildman–Crippen MR) is 92.9 cm³/mol. The van der Waals surface area contributed by atoms with Crippen molar-refractivity contribution in [3.8, 4) is 0 Å². The third-order valence-corrected chi connectivity index (χ3v) is 3.43. The highest BCUT2D eigenvalue weighted by Gasteiger charge is 2.10. The van der Waals surface area contributed by atoms with Gasteiger partial charge in [0.05, 0.1) is 17.0 Å². The number of benzene rings is 2. The van der Waals surface area contributed by atoms with Gasteiger partial charge in [0.1, 0.15) is 0 Å². The highest BCUT2D eigenvalue weighted by Crippen LogP contribution is 2.20. The summed E-state index contributed by atoms with van der Waals surface area (Å²) in [5.74, 6) is -1.36. The average Bonchev–Trinajstić information content (AvgIpc) is 2.47. The molecule has 23 heavy (non-hydrogen) atoms. The van der Waals surface area contributed by atoms with E-state index in [1.807, 2.05) is 30.3 Å². The molecule has 0 fully saturated rings. The van der Waals surface area contributed by atoms with E-state index in [0.717, 1.165) is 5.56 Å². The van der Waals surface area contributed by atoms with Crippen molar-refractivity contribution in [3.05, 3.63) is 64.7 Å². The Morgan fingerprint density at radius 2 is 1.83 bits per heavy atom. The third kappa shape index (κ3) is 5.05. The fraction of sp³-hybridized carbons (Fsp3) is 0.0625. The van der Waals surface area contributed by atoms with Crippen LogP contribution >= 0.6 is 23.8 Å². The van der Waals surface area contributed by atoms with Gasteiger partial charge in [-0.05, 0) is 36.0 Å². The molecule has 1 amide bonds. The molecule has 3 N–H and O–H groups in total. The van der Waals surface area contributed by atoms with E-state index in [4.69, 9.17) is 28.9 Å². The molecule has 0 heterocycles. The van der Waals surface area contributed by atoms with Gasteiger partial charge >= 0.3 is 5.97 Å². The van der Waals surface area contributed by atoms with Crippen molar-refractivity contribution in [1.82, 2.24) is 5.32 Å². The summed E-state index contributed by atoms with van der Waals surface area (Å²) in [6, 6.07) is 13.6. The van der Waals surface area contributed by atoms with Crippen LogP contribution in [0.2, 0.25) is 5.02 Å². The second-order valence-electron chi connectivity index (χ2n) is 4.66. The monoisotopic (exact) mass is 348 g/mol. The number of aromatic carboxylic acids is 1. The first-order valence-electron chi connectivity index (χ1n) is 6.63. The maximum Gasteiger partial charge on any atom is 0.337 e. The molecule has 2 rings (SSSR count). The number of carboxylic acid groups (broad SMARTS) is 1. The summed E-state index contributed by atoms with van der Waals surface area (Å²) in [5, 5.41) is 14.5. The van der Waals surface area contributed by atoms with E-state index in [1.54, 1.807) is 0 Å². The van der Waals surface area contributed by atoms with Gasteiger partial charge in [-0.25, -0.2) is 4.79 Å². The summed E-state index contributed by atoms with van der Waals surface area (Å²) in [7, 11) is 0. The topological polar surface area (TPSA) is 78.4 Å². The first-order chi connectivity index (χ1) is 11.0. The lowest BCUT2D eigenvalue weighted by Gasteiger charge is -2.10. The Balaban J connectivity index is 1.93. The van der Waals surface area contributed by atoms with E-state index >= 15 is 0 Å². The van der Waals surface area contributed by atoms with Gasteiger partial charge < -0.3 is 15.7 Å².